The Morgan fingerprint density at radius 2 is 2.58 bits per heavy atom. The molecule has 0 saturated carbocycles. The van der Waals surface area contributed by atoms with E-state index < -0.39 is 6.10 Å². The predicted octanol–water partition coefficient (Wildman–Crippen LogP) is 0.0894. The lowest BCUT2D eigenvalue weighted by Crippen LogP contribution is -2.33. The van der Waals surface area contributed by atoms with Gasteiger partial charge in [0, 0.05) is 13.5 Å². The van der Waals surface area contributed by atoms with Gasteiger partial charge >= 0.3 is 5.97 Å². The van der Waals surface area contributed by atoms with Crippen molar-refractivity contribution in [2.24, 2.45) is 0 Å². The largest absolute Gasteiger partial charge is 0.457 e. The third-order valence-electron chi connectivity index (χ3n) is 1.88. The van der Waals surface area contributed by atoms with Gasteiger partial charge in [-0.1, -0.05) is 0 Å². The third kappa shape index (κ3) is 2.46. The zero-order valence-electron chi connectivity index (χ0n) is 7.16. The zero-order chi connectivity index (χ0) is 8.97. The Balaban J connectivity index is 2.37. The summed E-state index contributed by atoms with van der Waals surface area (Å²) >= 11 is 0. The summed E-state index contributed by atoms with van der Waals surface area (Å²) in [4.78, 5) is 10.6. The highest BCUT2D eigenvalue weighted by molar-refractivity contribution is 5.66. The van der Waals surface area contributed by atoms with E-state index in [4.69, 9.17) is 14.6 Å². The minimum atomic E-state index is -0.481. The Morgan fingerprint density at radius 1 is 1.83 bits per heavy atom. The molecule has 1 rings (SSSR count). The van der Waals surface area contributed by atoms with E-state index in [0.29, 0.717) is 6.61 Å². The second kappa shape index (κ2) is 4.42. The molecule has 1 fully saturated rings. The molecule has 1 heterocycles. The van der Waals surface area contributed by atoms with E-state index in [1.165, 1.54) is 6.92 Å². The van der Waals surface area contributed by atoms with Crippen molar-refractivity contribution in [2.75, 3.05) is 13.2 Å². The number of hydrogen-bond donors (Lipinski definition) is 1. The van der Waals surface area contributed by atoms with E-state index in [-0.39, 0.29) is 18.7 Å². The van der Waals surface area contributed by atoms with Crippen LogP contribution >= 0.6 is 0 Å². The topological polar surface area (TPSA) is 55.8 Å². The normalized spacial score (nSPS) is 25.3. The van der Waals surface area contributed by atoms with Gasteiger partial charge in [-0.15, -0.1) is 0 Å². The van der Waals surface area contributed by atoms with Gasteiger partial charge in [-0.3, -0.25) is 4.79 Å². The lowest BCUT2D eigenvalue weighted by Gasteiger charge is -2.19. The van der Waals surface area contributed by atoms with Gasteiger partial charge in [-0.2, -0.15) is 0 Å². The van der Waals surface area contributed by atoms with Gasteiger partial charge in [0.25, 0.3) is 0 Å². The molecule has 1 N–H and O–H groups in total. The molecule has 2 unspecified atom stereocenters. The molecule has 0 radical (unpaired) electrons. The van der Waals surface area contributed by atoms with Crippen molar-refractivity contribution in [3.05, 3.63) is 0 Å². The summed E-state index contributed by atoms with van der Waals surface area (Å²) in [6, 6.07) is 0. The molecule has 1 aliphatic heterocycles. The Labute approximate surface area is 71.5 Å². The summed E-state index contributed by atoms with van der Waals surface area (Å²) in [5, 5.41) is 8.88. The van der Waals surface area contributed by atoms with Crippen molar-refractivity contribution >= 4 is 5.97 Å². The standard InChI is InChI=1S/C8H14O4/c1-6(10)12-8(5-9)7-3-2-4-11-7/h7-9H,2-5H2,1H3. The maximum atomic E-state index is 10.6. The Bertz CT molecular complexity index is 151. The predicted molar refractivity (Wildman–Crippen MR) is 41.6 cm³/mol. The van der Waals surface area contributed by atoms with E-state index in [0.717, 1.165) is 12.8 Å². The first-order valence-electron chi connectivity index (χ1n) is 4.13. The van der Waals surface area contributed by atoms with Gasteiger partial charge in [0.2, 0.25) is 0 Å². The molecular weight excluding hydrogens is 160 g/mol. The van der Waals surface area contributed by atoms with E-state index in [1.54, 1.807) is 0 Å². The average molecular weight is 174 g/mol. The number of carbonyl (C=O) groups excluding carboxylic acids is 1. The highest BCUT2D eigenvalue weighted by Crippen LogP contribution is 2.17. The molecule has 4 heteroatoms. The van der Waals surface area contributed by atoms with Crippen LogP contribution in [0.3, 0.4) is 0 Å². The van der Waals surface area contributed by atoms with Crippen LogP contribution in [0.2, 0.25) is 0 Å². The number of ether oxygens (including phenoxy) is 2. The first-order chi connectivity index (χ1) is 5.74. The lowest BCUT2D eigenvalue weighted by molar-refractivity contribution is -0.156. The second-order valence-corrected chi connectivity index (χ2v) is 2.88. The third-order valence-corrected chi connectivity index (χ3v) is 1.88. The number of esters is 1. The molecule has 1 aliphatic rings. The van der Waals surface area contributed by atoms with Crippen LogP contribution in [0.5, 0.6) is 0 Å². The monoisotopic (exact) mass is 174 g/mol. The number of aliphatic hydroxyl groups excluding tert-OH is 1. The average Bonchev–Trinajstić information content (AvgIpc) is 2.51. The summed E-state index contributed by atoms with van der Waals surface area (Å²) in [5.41, 5.74) is 0. The molecular formula is C8H14O4. The first-order valence-corrected chi connectivity index (χ1v) is 4.13. The minimum absolute atomic E-state index is 0.112. The van der Waals surface area contributed by atoms with Crippen LogP contribution in [0.1, 0.15) is 19.8 Å². The molecule has 0 aromatic carbocycles. The minimum Gasteiger partial charge on any atom is -0.457 e. The second-order valence-electron chi connectivity index (χ2n) is 2.88. The Hall–Kier alpha value is -0.610. The molecule has 0 amide bonds. The number of hydrogen-bond acceptors (Lipinski definition) is 4. The lowest BCUT2D eigenvalue weighted by atomic mass is 10.1. The van der Waals surface area contributed by atoms with Crippen molar-refractivity contribution < 1.29 is 19.4 Å². The Kier molecular flexibility index (Phi) is 3.49. The zero-order valence-corrected chi connectivity index (χ0v) is 7.16. The van der Waals surface area contributed by atoms with Gasteiger partial charge in [-0.25, -0.2) is 0 Å². The fourth-order valence-electron chi connectivity index (χ4n) is 1.34. The highest BCUT2D eigenvalue weighted by Gasteiger charge is 2.27. The maximum Gasteiger partial charge on any atom is 0.303 e. The van der Waals surface area contributed by atoms with E-state index in [9.17, 15) is 4.79 Å². The van der Waals surface area contributed by atoms with Crippen LogP contribution in [0.15, 0.2) is 0 Å². The molecule has 0 aromatic heterocycles. The molecule has 2 atom stereocenters. The summed E-state index contributed by atoms with van der Waals surface area (Å²) in [6.07, 6.45) is 1.24. The quantitative estimate of drug-likeness (QED) is 0.616. The Morgan fingerprint density at radius 3 is 3.00 bits per heavy atom. The number of aliphatic hydroxyl groups is 1. The van der Waals surface area contributed by atoms with Gasteiger partial charge in [0.05, 0.1) is 12.7 Å². The summed E-state index contributed by atoms with van der Waals surface area (Å²) in [5.74, 6) is -0.371. The molecule has 0 spiro atoms. The van der Waals surface area contributed by atoms with E-state index in [2.05, 4.69) is 0 Å². The van der Waals surface area contributed by atoms with Crippen LogP contribution < -0.4 is 0 Å². The molecule has 12 heavy (non-hydrogen) atoms. The van der Waals surface area contributed by atoms with Gasteiger partial charge in [-0.05, 0) is 12.8 Å². The van der Waals surface area contributed by atoms with Gasteiger partial charge in [0.1, 0.15) is 0 Å². The first kappa shape index (κ1) is 9.48. The van der Waals surface area contributed by atoms with Crippen LogP contribution in [-0.4, -0.2) is 36.5 Å². The van der Waals surface area contributed by atoms with Crippen molar-refractivity contribution in [2.45, 2.75) is 32.0 Å². The summed E-state index contributed by atoms with van der Waals surface area (Å²) in [7, 11) is 0. The number of rotatable bonds is 3. The van der Waals surface area contributed by atoms with Crippen molar-refractivity contribution in [3.63, 3.8) is 0 Å². The van der Waals surface area contributed by atoms with E-state index >= 15 is 0 Å². The van der Waals surface area contributed by atoms with Crippen LogP contribution in [0, 0.1) is 0 Å². The van der Waals surface area contributed by atoms with Crippen LogP contribution in [-0.2, 0) is 14.3 Å². The van der Waals surface area contributed by atoms with Crippen molar-refractivity contribution in [3.8, 4) is 0 Å². The van der Waals surface area contributed by atoms with Crippen molar-refractivity contribution in [1.82, 2.24) is 0 Å². The fraction of sp³-hybridized carbons (Fsp3) is 0.875. The van der Waals surface area contributed by atoms with Crippen LogP contribution in [0.4, 0.5) is 0 Å². The molecule has 4 nitrogen and oxygen atoms in total. The smallest absolute Gasteiger partial charge is 0.303 e. The summed E-state index contributed by atoms with van der Waals surface area (Å²) < 4.78 is 10.1. The van der Waals surface area contributed by atoms with Crippen LogP contribution in [0.25, 0.3) is 0 Å². The summed E-state index contributed by atoms with van der Waals surface area (Å²) in [6.45, 7) is 1.87. The maximum absolute atomic E-state index is 10.6. The van der Waals surface area contributed by atoms with E-state index in [1.807, 2.05) is 0 Å². The van der Waals surface area contributed by atoms with Gasteiger partial charge < -0.3 is 14.6 Å². The molecule has 0 bridgehead atoms. The SMILES string of the molecule is CC(=O)OC(CO)C1CCCO1. The highest BCUT2D eigenvalue weighted by atomic mass is 16.6. The molecule has 0 aliphatic carbocycles. The number of carbonyl (C=O) groups is 1. The fourth-order valence-corrected chi connectivity index (χ4v) is 1.34. The van der Waals surface area contributed by atoms with Gasteiger partial charge in [0.15, 0.2) is 6.10 Å². The molecule has 0 aromatic rings. The molecule has 70 valence electrons. The molecule has 1 saturated heterocycles. The van der Waals surface area contributed by atoms with Crippen molar-refractivity contribution in [1.29, 1.82) is 0 Å².